The van der Waals surface area contributed by atoms with E-state index in [1.807, 2.05) is 0 Å². The molecule has 0 atom stereocenters. The molecule has 0 saturated heterocycles. The Kier molecular flexibility index (Phi) is 5.98. The van der Waals surface area contributed by atoms with Gasteiger partial charge in [-0.25, -0.2) is 0 Å². The van der Waals surface area contributed by atoms with Gasteiger partial charge in [-0.3, -0.25) is 10.1 Å². The summed E-state index contributed by atoms with van der Waals surface area (Å²) in [6, 6.07) is 4.77. The van der Waals surface area contributed by atoms with Gasteiger partial charge in [-0.15, -0.1) is 0 Å². The van der Waals surface area contributed by atoms with E-state index in [0.717, 1.165) is 50.7 Å². The topological polar surface area (TPSA) is 41.1 Å². The van der Waals surface area contributed by atoms with Crippen molar-refractivity contribution in [1.82, 2.24) is 10.6 Å². The molecule has 1 aromatic carbocycles. The van der Waals surface area contributed by atoms with Gasteiger partial charge in [-0.1, -0.05) is 17.7 Å². The lowest BCUT2D eigenvalue weighted by Gasteiger charge is -2.57. The van der Waals surface area contributed by atoms with Gasteiger partial charge < -0.3 is 5.32 Å². The standard InChI is InChI=1S/C22H25ClF6N2O/c23-17-3-1-2-16(9-17)18(32)31-20(21(24,25)26,22(27,28)29)30-5-4-19-10-13-6-14(11-19)8-15(7-13)12-19/h1-3,9,13-15,30H,4-8,10-12H2,(H,31,32). The van der Waals surface area contributed by atoms with Crippen LogP contribution in [0.5, 0.6) is 0 Å². The highest BCUT2D eigenvalue weighted by atomic mass is 35.5. The van der Waals surface area contributed by atoms with Crippen molar-refractivity contribution >= 4 is 17.5 Å². The first-order valence-electron chi connectivity index (χ1n) is 10.8. The summed E-state index contributed by atoms with van der Waals surface area (Å²) < 4.78 is 83.3. The molecular weight excluding hydrogens is 458 g/mol. The van der Waals surface area contributed by atoms with Crippen molar-refractivity contribution in [2.24, 2.45) is 23.2 Å². The van der Waals surface area contributed by atoms with Crippen LogP contribution in [0.4, 0.5) is 26.3 Å². The van der Waals surface area contributed by atoms with Crippen molar-refractivity contribution in [1.29, 1.82) is 0 Å². The van der Waals surface area contributed by atoms with E-state index in [1.54, 1.807) is 5.32 Å². The first-order valence-corrected chi connectivity index (χ1v) is 11.2. The van der Waals surface area contributed by atoms with E-state index in [0.29, 0.717) is 17.8 Å². The van der Waals surface area contributed by atoms with Crippen LogP contribution in [-0.4, -0.2) is 30.5 Å². The maximum Gasteiger partial charge on any atom is 0.434 e. The molecular formula is C22H25ClF6N2O. The smallest absolute Gasteiger partial charge is 0.319 e. The number of halogens is 7. The monoisotopic (exact) mass is 482 g/mol. The van der Waals surface area contributed by atoms with Crippen molar-refractivity contribution in [3.05, 3.63) is 34.9 Å². The zero-order chi connectivity index (χ0) is 23.4. The van der Waals surface area contributed by atoms with Gasteiger partial charge in [0.25, 0.3) is 11.6 Å². The second-order valence-electron chi connectivity index (χ2n) is 9.80. The molecule has 4 fully saturated rings. The third-order valence-electron chi connectivity index (χ3n) is 7.45. The summed E-state index contributed by atoms with van der Waals surface area (Å²) in [4.78, 5) is 12.4. The summed E-state index contributed by atoms with van der Waals surface area (Å²) in [5, 5.41) is 2.92. The molecule has 32 heavy (non-hydrogen) atoms. The van der Waals surface area contributed by atoms with Gasteiger partial charge >= 0.3 is 12.4 Å². The van der Waals surface area contributed by atoms with Crippen molar-refractivity contribution in [3.63, 3.8) is 0 Å². The highest BCUT2D eigenvalue weighted by molar-refractivity contribution is 6.30. The minimum absolute atomic E-state index is 0.0250. The molecule has 2 N–H and O–H groups in total. The fourth-order valence-corrected chi connectivity index (χ4v) is 6.72. The Bertz CT molecular complexity index is 819. The average molecular weight is 483 g/mol. The zero-order valence-electron chi connectivity index (χ0n) is 17.3. The van der Waals surface area contributed by atoms with Crippen LogP contribution in [0.25, 0.3) is 0 Å². The van der Waals surface area contributed by atoms with Gasteiger partial charge in [-0.2, -0.15) is 26.3 Å². The Balaban J connectivity index is 1.54. The summed E-state index contributed by atoms with van der Waals surface area (Å²) in [5.74, 6) is 0.0702. The molecule has 1 amide bonds. The summed E-state index contributed by atoms with van der Waals surface area (Å²) in [6.45, 7) is -0.499. The molecule has 0 unspecified atom stereocenters. The Hall–Kier alpha value is -1.48. The van der Waals surface area contributed by atoms with E-state index < -0.39 is 36.0 Å². The lowest BCUT2D eigenvalue weighted by atomic mass is 9.49. The first-order chi connectivity index (χ1) is 14.8. The number of rotatable bonds is 6. The maximum absolute atomic E-state index is 13.9. The third kappa shape index (κ3) is 4.34. The van der Waals surface area contributed by atoms with Crippen LogP contribution in [0.2, 0.25) is 5.02 Å². The number of hydrogen-bond acceptors (Lipinski definition) is 2. The van der Waals surface area contributed by atoms with Gasteiger partial charge in [0.15, 0.2) is 0 Å². The number of nitrogens with one attached hydrogen (secondary N) is 2. The highest BCUT2D eigenvalue weighted by Crippen LogP contribution is 2.61. The number of carbonyl (C=O) groups is 1. The van der Waals surface area contributed by atoms with E-state index in [1.165, 1.54) is 17.4 Å². The molecule has 5 rings (SSSR count). The SMILES string of the molecule is O=C(NC(NCCC12CC3CC(CC(C3)C1)C2)(C(F)(F)F)C(F)(F)F)c1cccc(Cl)c1. The lowest BCUT2D eigenvalue weighted by molar-refractivity contribution is -0.314. The van der Waals surface area contributed by atoms with Gasteiger partial charge in [-0.05, 0) is 92.9 Å². The van der Waals surface area contributed by atoms with E-state index >= 15 is 0 Å². The molecule has 4 bridgehead atoms. The second-order valence-corrected chi connectivity index (χ2v) is 10.2. The Morgan fingerprint density at radius 3 is 1.97 bits per heavy atom. The largest absolute Gasteiger partial charge is 0.434 e. The second kappa shape index (κ2) is 8.08. The molecule has 0 radical (unpaired) electrons. The Morgan fingerprint density at radius 1 is 0.969 bits per heavy atom. The van der Waals surface area contributed by atoms with E-state index in [2.05, 4.69) is 0 Å². The number of carbonyl (C=O) groups excluding carboxylic acids is 1. The van der Waals surface area contributed by atoms with Crippen molar-refractivity contribution in [3.8, 4) is 0 Å². The van der Waals surface area contributed by atoms with Gasteiger partial charge in [0.05, 0.1) is 0 Å². The average Bonchev–Trinajstić information content (AvgIpc) is 2.64. The molecule has 1 aromatic rings. The van der Waals surface area contributed by atoms with Crippen LogP contribution in [0, 0.1) is 23.2 Å². The number of amides is 1. The summed E-state index contributed by atoms with van der Waals surface area (Å²) >= 11 is 5.73. The lowest BCUT2D eigenvalue weighted by Crippen LogP contribution is -2.75. The van der Waals surface area contributed by atoms with Crippen molar-refractivity contribution in [2.75, 3.05) is 6.54 Å². The van der Waals surface area contributed by atoms with Gasteiger partial charge in [0, 0.05) is 10.6 Å². The van der Waals surface area contributed by atoms with Crippen molar-refractivity contribution < 1.29 is 31.1 Å². The van der Waals surface area contributed by atoms with Crippen LogP contribution < -0.4 is 10.6 Å². The number of alkyl halides is 6. The van der Waals surface area contributed by atoms with Crippen LogP contribution in [0.1, 0.15) is 55.3 Å². The molecule has 0 heterocycles. The van der Waals surface area contributed by atoms with Gasteiger partial charge in [0.2, 0.25) is 0 Å². The van der Waals surface area contributed by atoms with Crippen LogP contribution in [-0.2, 0) is 0 Å². The molecule has 4 aliphatic rings. The normalized spacial score (nSPS) is 29.9. The Labute approximate surface area is 187 Å². The molecule has 4 aliphatic carbocycles. The Morgan fingerprint density at radius 2 is 1.50 bits per heavy atom. The van der Waals surface area contributed by atoms with Gasteiger partial charge in [0.1, 0.15) is 0 Å². The van der Waals surface area contributed by atoms with E-state index in [9.17, 15) is 31.1 Å². The number of benzene rings is 1. The molecule has 3 nitrogen and oxygen atoms in total. The van der Waals surface area contributed by atoms with Crippen molar-refractivity contribution in [2.45, 2.75) is 63.0 Å². The predicted molar refractivity (Wildman–Crippen MR) is 107 cm³/mol. The first kappa shape index (κ1) is 23.7. The molecule has 178 valence electrons. The summed E-state index contributed by atoms with van der Waals surface area (Å²) in [6.07, 6.45) is -5.44. The molecule has 0 spiro atoms. The van der Waals surface area contributed by atoms with Crippen LogP contribution >= 0.6 is 11.6 Å². The van der Waals surface area contributed by atoms with Crippen LogP contribution in [0.15, 0.2) is 24.3 Å². The minimum atomic E-state index is -5.80. The molecule has 4 saturated carbocycles. The molecule has 10 heteroatoms. The predicted octanol–water partition coefficient (Wildman–Crippen LogP) is 6.09. The van der Waals surface area contributed by atoms with Crippen LogP contribution in [0.3, 0.4) is 0 Å². The molecule has 0 aromatic heterocycles. The van der Waals surface area contributed by atoms with E-state index in [4.69, 9.17) is 11.6 Å². The highest BCUT2D eigenvalue weighted by Gasteiger charge is 2.72. The summed E-state index contributed by atoms with van der Waals surface area (Å²) in [7, 11) is 0. The molecule has 0 aliphatic heterocycles. The summed E-state index contributed by atoms with van der Waals surface area (Å²) in [5.41, 5.74) is -5.15. The third-order valence-corrected chi connectivity index (χ3v) is 7.68. The minimum Gasteiger partial charge on any atom is -0.319 e. The van der Waals surface area contributed by atoms with E-state index in [-0.39, 0.29) is 16.9 Å². The fraction of sp³-hybridized carbons (Fsp3) is 0.682. The maximum atomic E-state index is 13.9. The quantitative estimate of drug-likeness (QED) is 0.381. The fourth-order valence-electron chi connectivity index (χ4n) is 6.53. The zero-order valence-corrected chi connectivity index (χ0v) is 18.0. The number of hydrogen-bond donors (Lipinski definition) is 2.